The molecular formula is C31H38N2O6. The number of carbonyl (C=O) groups is 1. The van der Waals surface area contributed by atoms with E-state index in [2.05, 4.69) is 10.2 Å². The number of nitrogens with zero attached hydrogens (tertiary/aromatic N) is 1. The molecule has 0 fully saturated rings. The first-order valence-electron chi connectivity index (χ1n) is 13.2. The van der Waals surface area contributed by atoms with Gasteiger partial charge in [0.2, 0.25) is 5.91 Å². The highest BCUT2D eigenvalue weighted by molar-refractivity contribution is 5.78. The van der Waals surface area contributed by atoms with Gasteiger partial charge in [0.05, 0.1) is 41.6 Å². The van der Waals surface area contributed by atoms with Crippen molar-refractivity contribution in [2.75, 3.05) is 48.1 Å². The smallest absolute Gasteiger partial charge is 0.234 e. The van der Waals surface area contributed by atoms with Gasteiger partial charge < -0.3 is 29.0 Å². The zero-order valence-corrected chi connectivity index (χ0v) is 23.4. The van der Waals surface area contributed by atoms with Gasteiger partial charge in [-0.05, 0) is 61.7 Å². The number of amides is 1. The fraction of sp³-hybridized carbons (Fsp3) is 0.387. The Bertz CT molecular complexity index is 1280. The van der Waals surface area contributed by atoms with Crippen molar-refractivity contribution in [3.63, 3.8) is 0 Å². The van der Waals surface area contributed by atoms with Crippen LogP contribution in [0.3, 0.4) is 0 Å². The van der Waals surface area contributed by atoms with Gasteiger partial charge in [-0.1, -0.05) is 18.2 Å². The highest BCUT2D eigenvalue weighted by atomic mass is 16.5. The lowest BCUT2D eigenvalue weighted by Crippen LogP contribution is -2.43. The monoisotopic (exact) mass is 534 g/mol. The summed E-state index contributed by atoms with van der Waals surface area (Å²) in [4.78, 5) is 15.5. The van der Waals surface area contributed by atoms with E-state index in [9.17, 15) is 4.79 Å². The largest absolute Gasteiger partial charge is 0.497 e. The summed E-state index contributed by atoms with van der Waals surface area (Å²) in [6, 6.07) is 17.3. The average molecular weight is 535 g/mol. The van der Waals surface area contributed by atoms with E-state index in [0.29, 0.717) is 26.1 Å². The fourth-order valence-corrected chi connectivity index (χ4v) is 5.26. The topological polar surface area (TPSA) is 78.5 Å². The molecule has 0 aromatic heterocycles. The second-order valence-corrected chi connectivity index (χ2v) is 9.30. The highest BCUT2D eigenvalue weighted by Gasteiger charge is 2.34. The Kier molecular flexibility index (Phi) is 9.54. The Hall–Kier alpha value is -3.91. The van der Waals surface area contributed by atoms with E-state index in [1.165, 1.54) is 0 Å². The zero-order valence-electron chi connectivity index (χ0n) is 23.4. The molecule has 1 amide bonds. The maximum absolute atomic E-state index is 13.3. The molecular weight excluding hydrogens is 496 g/mol. The third kappa shape index (κ3) is 6.40. The Morgan fingerprint density at radius 2 is 1.59 bits per heavy atom. The van der Waals surface area contributed by atoms with Crippen LogP contribution in [0.15, 0.2) is 54.6 Å². The van der Waals surface area contributed by atoms with Crippen molar-refractivity contribution in [2.24, 2.45) is 0 Å². The lowest BCUT2D eigenvalue weighted by Gasteiger charge is -2.38. The van der Waals surface area contributed by atoms with Crippen LogP contribution in [-0.2, 0) is 24.2 Å². The van der Waals surface area contributed by atoms with Crippen LogP contribution in [0.5, 0.6) is 28.7 Å². The number of carbonyl (C=O) groups excluding carboxylic acids is 1. The van der Waals surface area contributed by atoms with Crippen molar-refractivity contribution >= 4 is 5.91 Å². The standard InChI is InChI=1S/C31H38N2O6/c1-6-39-27-10-8-7-9-21(27)19-32-30(34)20-33-16-15-24-28(37-4)13-14-29(38-5)31(24)25(33)18-22-17-23(35-2)11-12-26(22)36-3/h7-14,17,25H,6,15-16,18-20H2,1-5H3,(H,32,34). The summed E-state index contributed by atoms with van der Waals surface area (Å²) < 4.78 is 28.4. The van der Waals surface area contributed by atoms with Crippen LogP contribution >= 0.6 is 0 Å². The Morgan fingerprint density at radius 1 is 0.872 bits per heavy atom. The fourth-order valence-electron chi connectivity index (χ4n) is 5.26. The van der Waals surface area contributed by atoms with Crippen LogP contribution < -0.4 is 29.0 Å². The molecule has 4 rings (SSSR count). The van der Waals surface area contributed by atoms with Crippen molar-refractivity contribution in [2.45, 2.75) is 32.4 Å². The van der Waals surface area contributed by atoms with Gasteiger partial charge in [-0.3, -0.25) is 9.69 Å². The van der Waals surface area contributed by atoms with E-state index >= 15 is 0 Å². The third-order valence-corrected chi connectivity index (χ3v) is 7.13. The van der Waals surface area contributed by atoms with E-state index in [1.807, 2.05) is 61.5 Å². The van der Waals surface area contributed by atoms with Crippen LogP contribution in [-0.4, -0.2) is 58.9 Å². The van der Waals surface area contributed by atoms with Crippen molar-refractivity contribution in [3.8, 4) is 28.7 Å². The molecule has 0 saturated heterocycles. The molecule has 0 spiro atoms. The first-order valence-corrected chi connectivity index (χ1v) is 13.2. The van der Waals surface area contributed by atoms with Gasteiger partial charge in [0.15, 0.2) is 0 Å². The summed E-state index contributed by atoms with van der Waals surface area (Å²) >= 11 is 0. The van der Waals surface area contributed by atoms with Crippen molar-refractivity contribution in [1.29, 1.82) is 0 Å². The maximum Gasteiger partial charge on any atom is 0.234 e. The maximum atomic E-state index is 13.3. The lowest BCUT2D eigenvalue weighted by atomic mass is 9.87. The van der Waals surface area contributed by atoms with E-state index < -0.39 is 0 Å². The molecule has 0 aliphatic carbocycles. The van der Waals surface area contributed by atoms with Crippen molar-refractivity contribution < 1.29 is 28.5 Å². The summed E-state index contributed by atoms with van der Waals surface area (Å²) in [6.45, 7) is 3.83. The molecule has 8 nitrogen and oxygen atoms in total. The number of rotatable bonds is 12. The number of hydrogen-bond donors (Lipinski definition) is 1. The van der Waals surface area contributed by atoms with E-state index in [-0.39, 0.29) is 18.5 Å². The van der Waals surface area contributed by atoms with Crippen LogP contribution in [0.1, 0.15) is 35.2 Å². The molecule has 1 aliphatic heterocycles. The van der Waals surface area contributed by atoms with Gasteiger partial charge in [-0.2, -0.15) is 0 Å². The van der Waals surface area contributed by atoms with E-state index in [1.54, 1.807) is 28.4 Å². The molecule has 1 unspecified atom stereocenters. The predicted molar refractivity (Wildman–Crippen MR) is 150 cm³/mol. The first-order chi connectivity index (χ1) is 19.0. The van der Waals surface area contributed by atoms with Crippen LogP contribution in [0, 0.1) is 0 Å². The van der Waals surface area contributed by atoms with Gasteiger partial charge in [-0.15, -0.1) is 0 Å². The van der Waals surface area contributed by atoms with Crippen LogP contribution in [0.4, 0.5) is 0 Å². The van der Waals surface area contributed by atoms with Gasteiger partial charge in [0.1, 0.15) is 28.7 Å². The predicted octanol–water partition coefficient (Wildman–Crippen LogP) is 4.58. The Labute approximate surface area is 230 Å². The SMILES string of the molecule is CCOc1ccccc1CNC(=O)CN1CCc2c(OC)ccc(OC)c2C1Cc1cc(OC)ccc1OC. The molecule has 208 valence electrons. The number of para-hydroxylation sites is 1. The van der Waals surface area contributed by atoms with E-state index in [4.69, 9.17) is 23.7 Å². The zero-order chi connectivity index (χ0) is 27.8. The Morgan fingerprint density at radius 3 is 2.31 bits per heavy atom. The third-order valence-electron chi connectivity index (χ3n) is 7.13. The first kappa shape index (κ1) is 28.1. The lowest BCUT2D eigenvalue weighted by molar-refractivity contribution is -0.123. The molecule has 39 heavy (non-hydrogen) atoms. The number of fused-ring (bicyclic) bond motifs is 1. The van der Waals surface area contributed by atoms with Gasteiger partial charge >= 0.3 is 0 Å². The minimum absolute atomic E-state index is 0.0609. The van der Waals surface area contributed by atoms with Crippen LogP contribution in [0.25, 0.3) is 0 Å². The highest BCUT2D eigenvalue weighted by Crippen LogP contribution is 2.43. The molecule has 3 aromatic rings. The second kappa shape index (κ2) is 13.2. The molecule has 3 aromatic carbocycles. The molecule has 0 bridgehead atoms. The minimum Gasteiger partial charge on any atom is -0.497 e. The molecule has 1 atom stereocenters. The summed E-state index contributed by atoms with van der Waals surface area (Å²) in [5.41, 5.74) is 4.06. The average Bonchev–Trinajstić information content (AvgIpc) is 2.97. The van der Waals surface area contributed by atoms with Crippen LogP contribution in [0.2, 0.25) is 0 Å². The summed E-state index contributed by atoms with van der Waals surface area (Å²) in [5, 5.41) is 3.08. The molecule has 1 aliphatic rings. The molecule has 1 N–H and O–H groups in total. The van der Waals surface area contributed by atoms with Gasteiger partial charge in [0.25, 0.3) is 0 Å². The molecule has 8 heteroatoms. The van der Waals surface area contributed by atoms with Gasteiger partial charge in [-0.25, -0.2) is 0 Å². The normalized spacial score (nSPS) is 14.7. The summed E-state index contributed by atoms with van der Waals surface area (Å²) in [6.07, 6.45) is 1.33. The molecule has 1 heterocycles. The number of methoxy groups -OCH3 is 4. The minimum atomic E-state index is -0.152. The number of nitrogens with one attached hydrogen (secondary N) is 1. The molecule has 0 radical (unpaired) electrons. The quantitative estimate of drug-likeness (QED) is 0.365. The number of benzene rings is 3. The number of ether oxygens (including phenoxy) is 5. The van der Waals surface area contributed by atoms with Crippen molar-refractivity contribution in [3.05, 3.63) is 76.9 Å². The van der Waals surface area contributed by atoms with E-state index in [0.717, 1.165) is 57.4 Å². The van der Waals surface area contributed by atoms with Crippen molar-refractivity contribution in [1.82, 2.24) is 10.2 Å². The molecule has 0 saturated carbocycles. The summed E-state index contributed by atoms with van der Waals surface area (Å²) in [5.74, 6) is 3.83. The summed E-state index contributed by atoms with van der Waals surface area (Å²) in [7, 11) is 6.67. The van der Waals surface area contributed by atoms with Gasteiger partial charge in [0, 0.05) is 35.8 Å². The Balaban J connectivity index is 1.64. The second-order valence-electron chi connectivity index (χ2n) is 9.30. The number of hydrogen-bond acceptors (Lipinski definition) is 7.